The van der Waals surface area contributed by atoms with E-state index in [1.165, 1.54) is 0 Å². The third kappa shape index (κ3) is 2.41. The van der Waals surface area contributed by atoms with Crippen molar-refractivity contribution in [2.75, 3.05) is 13.1 Å². The minimum absolute atomic E-state index is 0.113. The number of carbonyl (C=O) groups excluding carboxylic acids is 2. The summed E-state index contributed by atoms with van der Waals surface area (Å²) in [7, 11) is 0. The van der Waals surface area contributed by atoms with Crippen LogP contribution in [0.3, 0.4) is 0 Å². The van der Waals surface area contributed by atoms with Gasteiger partial charge in [-0.1, -0.05) is 5.21 Å². The van der Waals surface area contributed by atoms with Crippen LogP contribution in [0.2, 0.25) is 0 Å². The van der Waals surface area contributed by atoms with Gasteiger partial charge in [0.15, 0.2) is 5.69 Å². The van der Waals surface area contributed by atoms with Crippen molar-refractivity contribution < 1.29 is 28.3 Å². The van der Waals surface area contributed by atoms with Gasteiger partial charge in [-0.25, -0.2) is 23.1 Å². The molecular formula is C9H9F2N5O4. The zero-order chi connectivity index (χ0) is 14.9. The van der Waals surface area contributed by atoms with Crippen LogP contribution in [0.1, 0.15) is 22.6 Å². The van der Waals surface area contributed by atoms with Gasteiger partial charge >= 0.3 is 12.0 Å². The van der Waals surface area contributed by atoms with E-state index in [0.717, 1.165) is 4.90 Å². The van der Waals surface area contributed by atoms with E-state index in [0.29, 0.717) is 4.68 Å². The number of carboxylic acid groups (broad SMARTS) is 1. The van der Waals surface area contributed by atoms with Crippen molar-refractivity contribution >= 4 is 17.9 Å². The summed E-state index contributed by atoms with van der Waals surface area (Å²) in [5, 5.41) is 17.4. The summed E-state index contributed by atoms with van der Waals surface area (Å²) >= 11 is 0. The van der Waals surface area contributed by atoms with Gasteiger partial charge in [-0.2, -0.15) is 0 Å². The third-order valence-electron chi connectivity index (χ3n) is 2.63. The van der Waals surface area contributed by atoms with Crippen molar-refractivity contribution in [2.24, 2.45) is 0 Å². The molecule has 0 saturated carbocycles. The number of halogens is 2. The summed E-state index contributed by atoms with van der Waals surface area (Å²) in [5.41, 5.74) is -1.89. The monoisotopic (exact) mass is 289 g/mol. The second-order valence-electron chi connectivity index (χ2n) is 3.86. The molecule has 9 nitrogen and oxygen atoms in total. The fourth-order valence-corrected chi connectivity index (χ4v) is 1.73. The van der Waals surface area contributed by atoms with Gasteiger partial charge in [0.05, 0.1) is 0 Å². The molecule has 0 aliphatic carbocycles. The second kappa shape index (κ2) is 5.19. The van der Waals surface area contributed by atoms with E-state index in [4.69, 9.17) is 5.11 Å². The summed E-state index contributed by atoms with van der Waals surface area (Å²) < 4.78 is 26.1. The molecule has 2 rings (SSSR count). The first-order valence-electron chi connectivity index (χ1n) is 5.45. The van der Waals surface area contributed by atoms with Crippen molar-refractivity contribution in [3.8, 4) is 0 Å². The molecule has 1 aliphatic heterocycles. The Morgan fingerprint density at radius 2 is 2.15 bits per heavy atom. The van der Waals surface area contributed by atoms with Crippen LogP contribution >= 0.6 is 0 Å². The number of hydrogen-bond donors (Lipinski definition) is 2. The lowest BCUT2D eigenvalue weighted by Crippen LogP contribution is -2.37. The summed E-state index contributed by atoms with van der Waals surface area (Å²) in [5.74, 6) is -2.44. The number of aromatic carboxylic acids is 1. The predicted molar refractivity (Wildman–Crippen MR) is 57.1 cm³/mol. The van der Waals surface area contributed by atoms with E-state index in [1.54, 1.807) is 0 Å². The van der Waals surface area contributed by atoms with Gasteiger partial charge in [0.2, 0.25) is 0 Å². The highest BCUT2D eigenvalue weighted by Gasteiger charge is 2.30. The molecule has 20 heavy (non-hydrogen) atoms. The Kier molecular flexibility index (Phi) is 3.59. The highest BCUT2D eigenvalue weighted by molar-refractivity contribution is 5.95. The molecule has 0 atom stereocenters. The molecule has 11 heteroatoms. The lowest BCUT2D eigenvalue weighted by Gasteiger charge is -2.12. The quantitative estimate of drug-likeness (QED) is 0.769. The van der Waals surface area contributed by atoms with Gasteiger partial charge in [-0.15, -0.1) is 5.10 Å². The first-order chi connectivity index (χ1) is 9.41. The first kappa shape index (κ1) is 13.8. The van der Waals surface area contributed by atoms with E-state index in [-0.39, 0.29) is 13.1 Å². The normalized spacial score (nSPS) is 14.8. The van der Waals surface area contributed by atoms with Gasteiger partial charge in [-0.3, -0.25) is 9.69 Å². The molecule has 1 aliphatic rings. The van der Waals surface area contributed by atoms with Crippen LogP contribution < -0.4 is 5.32 Å². The zero-order valence-corrected chi connectivity index (χ0v) is 9.92. The van der Waals surface area contributed by atoms with Crippen molar-refractivity contribution in [1.29, 1.82) is 0 Å². The molecule has 3 amide bonds. The lowest BCUT2D eigenvalue weighted by atomic mass is 10.3. The fraction of sp³-hybridized carbons (Fsp3) is 0.444. The molecule has 0 bridgehead atoms. The van der Waals surface area contributed by atoms with Crippen molar-refractivity contribution in [1.82, 2.24) is 25.2 Å². The van der Waals surface area contributed by atoms with Gasteiger partial charge in [0, 0.05) is 13.1 Å². The number of amides is 3. The Bertz CT molecular complexity index is 573. The molecule has 0 unspecified atom stereocenters. The Balaban J connectivity index is 2.23. The van der Waals surface area contributed by atoms with Crippen LogP contribution in [0.5, 0.6) is 0 Å². The highest BCUT2D eigenvalue weighted by Crippen LogP contribution is 2.21. The SMILES string of the molecule is O=C(O)c1nnn(CC(=O)N2CCNC2=O)c1C(F)F. The minimum atomic E-state index is -3.16. The van der Waals surface area contributed by atoms with Crippen LogP contribution in [-0.2, 0) is 11.3 Å². The van der Waals surface area contributed by atoms with Crippen molar-refractivity contribution in [3.63, 3.8) is 0 Å². The summed E-state index contributed by atoms with van der Waals surface area (Å²) in [6.45, 7) is -0.306. The molecule has 2 heterocycles. The van der Waals surface area contributed by atoms with Crippen molar-refractivity contribution in [3.05, 3.63) is 11.4 Å². The fourth-order valence-electron chi connectivity index (χ4n) is 1.73. The zero-order valence-electron chi connectivity index (χ0n) is 9.92. The van der Waals surface area contributed by atoms with E-state index in [1.807, 2.05) is 0 Å². The number of urea groups is 1. The largest absolute Gasteiger partial charge is 0.476 e. The van der Waals surface area contributed by atoms with Crippen LogP contribution in [0.15, 0.2) is 0 Å². The smallest absolute Gasteiger partial charge is 0.358 e. The maximum absolute atomic E-state index is 12.8. The maximum Gasteiger partial charge on any atom is 0.358 e. The van der Waals surface area contributed by atoms with E-state index in [2.05, 4.69) is 15.6 Å². The number of carboxylic acids is 1. The van der Waals surface area contributed by atoms with Crippen LogP contribution in [-0.4, -0.2) is 56.0 Å². The van der Waals surface area contributed by atoms with Crippen LogP contribution in [0.4, 0.5) is 13.6 Å². The van der Waals surface area contributed by atoms with Gasteiger partial charge < -0.3 is 10.4 Å². The van der Waals surface area contributed by atoms with Crippen LogP contribution in [0, 0.1) is 0 Å². The summed E-state index contributed by atoms with van der Waals surface area (Å²) in [4.78, 5) is 34.6. The molecule has 108 valence electrons. The Hall–Kier alpha value is -2.59. The average Bonchev–Trinajstić information content (AvgIpc) is 2.95. The number of nitrogens with zero attached hydrogens (tertiary/aromatic N) is 4. The number of aromatic nitrogens is 3. The number of nitrogens with one attached hydrogen (secondary N) is 1. The molecule has 0 aromatic carbocycles. The third-order valence-corrected chi connectivity index (χ3v) is 2.63. The van der Waals surface area contributed by atoms with Crippen LogP contribution in [0.25, 0.3) is 0 Å². The average molecular weight is 289 g/mol. The van der Waals surface area contributed by atoms with Gasteiger partial charge in [0.25, 0.3) is 12.3 Å². The van der Waals surface area contributed by atoms with E-state index >= 15 is 0 Å². The molecular weight excluding hydrogens is 280 g/mol. The molecule has 0 spiro atoms. The number of hydrogen-bond acceptors (Lipinski definition) is 5. The highest BCUT2D eigenvalue weighted by atomic mass is 19.3. The molecule has 1 aromatic heterocycles. The first-order valence-corrected chi connectivity index (χ1v) is 5.45. The minimum Gasteiger partial charge on any atom is -0.476 e. The number of carbonyl (C=O) groups is 3. The summed E-state index contributed by atoms with van der Waals surface area (Å²) in [6, 6.07) is -0.632. The molecule has 0 radical (unpaired) electrons. The Morgan fingerprint density at radius 1 is 1.45 bits per heavy atom. The standard InChI is InChI=1S/C9H9F2N5O4/c10-7(11)6-5(8(18)19)13-14-16(6)3-4(17)15-2-1-12-9(15)20/h7H,1-3H2,(H,12,20)(H,18,19). The predicted octanol–water partition coefficient (Wildman–Crippen LogP) is -0.534. The van der Waals surface area contributed by atoms with Gasteiger partial charge in [-0.05, 0) is 0 Å². The molecule has 1 saturated heterocycles. The maximum atomic E-state index is 12.8. The number of imide groups is 1. The number of alkyl halides is 2. The number of rotatable bonds is 4. The lowest BCUT2D eigenvalue weighted by molar-refractivity contribution is -0.128. The Morgan fingerprint density at radius 3 is 2.65 bits per heavy atom. The summed E-state index contributed by atoms with van der Waals surface area (Å²) in [6.07, 6.45) is -3.16. The molecule has 1 aromatic rings. The Labute approximate surface area is 110 Å². The van der Waals surface area contributed by atoms with E-state index in [9.17, 15) is 23.2 Å². The van der Waals surface area contributed by atoms with Gasteiger partial charge in [0.1, 0.15) is 12.2 Å². The second-order valence-corrected chi connectivity index (χ2v) is 3.86. The topological polar surface area (TPSA) is 117 Å². The van der Waals surface area contributed by atoms with Crippen molar-refractivity contribution in [2.45, 2.75) is 13.0 Å². The molecule has 1 fully saturated rings. The van der Waals surface area contributed by atoms with E-state index < -0.39 is 42.3 Å². The molecule has 2 N–H and O–H groups in total.